The van der Waals surface area contributed by atoms with Crippen molar-refractivity contribution in [3.63, 3.8) is 0 Å². The van der Waals surface area contributed by atoms with Crippen LogP contribution < -0.4 is 10.1 Å². The molecule has 0 heterocycles. The lowest BCUT2D eigenvalue weighted by molar-refractivity contribution is 0.274. The summed E-state index contributed by atoms with van der Waals surface area (Å²) >= 11 is 0. The topological polar surface area (TPSA) is 41.5 Å². The Morgan fingerprint density at radius 2 is 1.94 bits per heavy atom. The predicted molar refractivity (Wildman–Crippen MR) is 71.8 cm³/mol. The standard InChI is InChI=1S/C15H21NO2/c1-18-14-7-6-13(8-12(14)9-17)16-15(10-2-3-10)11-4-5-11/h6-8,10-11,15-17H,2-5,9H2,1H3. The van der Waals surface area contributed by atoms with Gasteiger partial charge in [0.05, 0.1) is 13.7 Å². The maximum Gasteiger partial charge on any atom is 0.124 e. The quantitative estimate of drug-likeness (QED) is 0.812. The van der Waals surface area contributed by atoms with E-state index in [-0.39, 0.29) is 6.61 Å². The summed E-state index contributed by atoms with van der Waals surface area (Å²) < 4.78 is 5.23. The smallest absolute Gasteiger partial charge is 0.124 e. The molecule has 2 saturated carbocycles. The van der Waals surface area contributed by atoms with E-state index in [1.807, 2.05) is 12.1 Å². The zero-order valence-corrected chi connectivity index (χ0v) is 10.9. The fourth-order valence-corrected chi connectivity index (χ4v) is 2.72. The molecule has 2 aliphatic carbocycles. The minimum absolute atomic E-state index is 0.0240. The highest BCUT2D eigenvalue weighted by Crippen LogP contribution is 2.46. The highest BCUT2D eigenvalue weighted by Gasteiger charge is 2.41. The molecule has 3 nitrogen and oxygen atoms in total. The fourth-order valence-electron chi connectivity index (χ4n) is 2.72. The Labute approximate surface area is 108 Å². The number of benzene rings is 1. The summed E-state index contributed by atoms with van der Waals surface area (Å²) in [4.78, 5) is 0. The molecule has 2 aliphatic rings. The van der Waals surface area contributed by atoms with Gasteiger partial charge >= 0.3 is 0 Å². The van der Waals surface area contributed by atoms with Crippen LogP contribution in [0.1, 0.15) is 31.2 Å². The lowest BCUT2D eigenvalue weighted by Gasteiger charge is -2.20. The van der Waals surface area contributed by atoms with Crippen molar-refractivity contribution in [3.05, 3.63) is 23.8 Å². The van der Waals surface area contributed by atoms with Gasteiger partial charge in [-0.2, -0.15) is 0 Å². The molecule has 3 heteroatoms. The summed E-state index contributed by atoms with van der Waals surface area (Å²) in [5, 5.41) is 13.0. The van der Waals surface area contributed by atoms with E-state index in [1.165, 1.54) is 25.7 Å². The first-order chi connectivity index (χ1) is 8.81. The van der Waals surface area contributed by atoms with Crippen molar-refractivity contribution in [3.8, 4) is 5.75 Å². The molecule has 0 aromatic heterocycles. The van der Waals surface area contributed by atoms with Gasteiger partial charge in [-0.15, -0.1) is 0 Å². The Bertz CT molecular complexity index is 413. The molecule has 0 unspecified atom stereocenters. The largest absolute Gasteiger partial charge is 0.496 e. The Morgan fingerprint density at radius 1 is 1.28 bits per heavy atom. The molecule has 0 aliphatic heterocycles. The van der Waals surface area contributed by atoms with Crippen LogP contribution in [-0.4, -0.2) is 18.3 Å². The molecule has 2 N–H and O–H groups in total. The number of hydrogen-bond donors (Lipinski definition) is 2. The summed E-state index contributed by atoms with van der Waals surface area (Å²) in [6, 6.07) is 6.64. The average molecular weight is 247 g/mol. The Hall–Kier alpha value is -1.22. The van der Waals surface area contributed by atoms with Gasteiger partial charge in [0.1, 0.15) is 5.75 Å². The van der Waals surface area contributed by atoms with E-state index in [0.29, 0.717) is 6.04 Å². The molecular weight excluding hydrogens is 226 g/mol. The summed E-state index contributed by atoms with van der Waals surface area (Å²) in [6.45, 7) is 0.0240. The number of hydrogen-bond acceptors (Lipinski definition) is 3. The van der Waals surface area contributed by atoms with Gasteiger partial charge in [-0.05, 0) is 55.7 Å². The van der Waals surface area contributed by atoms with Crippen molar-refractivity contribution in [1.82, 2.24) is 0 Å². The third-order valence-corrected chi connectivity index (χ3v) is 4.04. The van der Waals surface area contributed by atoms with Gasteiger partial charge in [0, 0.05) is 17.3 Å². The first-order valence-electron chi connectivity index (χ1n) is 6.86. The zero-order valence-electron chi connectivity index (χ0n) is 10.9. The second-order valence-electron chi connectivity index (χ2n) is 5.53. The van der Waals surface area contributed by atoms with Crippen molar-refractivity contribution in [1.29, 1.82) is 0 Å². The molecule has 1 aromatic rings. The minimum atomic E-state index is 0.0240. The summed E-state index contributed by atoms with van der Waals surface area (Å²) in [5.41, 5.74) is 1.97. The van der Waals surface area contributed by atoms with E-state index < -0.39 is 0 Å². The van der Waals surface area contributed by atoms with Crippen LogP contribution in [0.4, 0.5) is 5.69 Å². The van der Waals surface area contributed by atoms with Crippen molar-refractivity contribution in [2.45, 2.75) is 38.3 Å². The minimum Gasteiger partial charge on any atom is -0.496 e. The maximum absolute atomic E-state index is 9.34. The van der Waals surface area contributed by atoms with Crippen LogP contribution in [-0.2, 0) is 6.61 Å². The molecule has 3 rings (SSSR count). The molecule has 0 amide bonds. The molecule has 2 fully saturated rings. The summed E-state index contributed by atoms with van der Waals surface area (Å²) in [7, 11) is 1.64. The zero-order chi connectivity index (χ0) is 12.5. The van der Waals surface area contributed by atoms with Gasteiger partial charge in [-0.3, -0.25) is 0 Å². The second-order valence-corrected chi connectivity index (χ2v) is 5.53. The van der Waals surface area contributed by atoms with Crippen molar-refractivity contribution < 1.29 is 9.84 Å². The third-order valence-electron chi connectivity index (χ3n) is 4.04. The lowest BCUT2D eigenvalue weighted by Crippen LogP contribution is -2.24. The van der Waals surface area contributed by atoms with Gasteiger partial charge in [0.25, 0.3) is 0 Å². The number of methoxy groups -OCH3 is 1. The number of anilines is 1. The van der Waals surface area contributed by atoms with Crippen LogP contribution >= 0.6 is 0 Å². The van der Waals surface area contributed by atoms with Gasteiger partial charge in [0.2, 0.25) is 0 Å². The van der Waals surface area contributed by atoms with Gasteiger partial charge < -0.3 is 15.2 Å². The summed E-state index contributed by atoms with van der Waals surface area (Å²) in [5.74, 6) is 2.51. The van der Waals surface area contributed by atoms with E-state index in [4.69, 9.17) is 4.74 Å². The number of nitrogens with one attached hydrogen (secondary N) is 1. The Kier molecular flexibility index (Phi) is 3.16. The molecule has 0 atom stereocenters. The molecule has 0 saturated heterocycles. The predicted octanol–water partition coefficient (Wildman–Crippen LogP) is 2.79. The van der Waals surface area contributed by atoms with Crippen molar-refractivity contribution in [2.24, 2.45) is 11.8 Å². The van der Waals surface area contributed by atoms with Gasteiger partial charge in [0.15, 0.2) is 0 Å². The first kappa shape index (κ1) is 11.8. The summed E-state index contributed by atoms with van der Waals surface area (Å²) in [6.07, 6.45) is 5.49. The van der Waals surface area contributed by atoms with Crippen LogP contribution in [0.15, 0.2) is 18.2 Å². The first-order valence-corrected chi connectivity index (χ1v) is 6.86. The molecular formula is C15H21NO2. The van der Waals surface area contributed by atoms with E-state index in [9.17, 15) is 5.11 Å². The molecule has 1 aromatic carbocycles. The average Bonchev–Trinajstić information content (AvgIpc) is 3.29. The van der Waals surface area contributed by atoms with Crippen LogP contribution in [0.3, 0.4) is 0 Å². The van der Waals surface area contributed by atoms with E-state index in [0.717, 1.165) is 28.8 Å². The molecule has 0 spiro atoms. The van der Waals surface area contributed by atoms with Crippen LogP contribution in [0, 0.1) is 11.8 Å². The van der Waals surface area contributed by atoms with Gasteiger partial charge in [-0.25, -0.2) is 0 Å². The fraction of sp³-hybridized carbons (Fsp3) is 0.600. The van der Waals surface area contributed by atoms with Crippen molar-refractivity contribution in [2.75, 3.05) is 12.4 Å². The molecule has 0 bridgehead atoms. The second kappa shape index (κ2) is 4.81. The van der Waals surface area contributed by atoms with Crippen LogP contribution in [0.25, 0.3) is 0 Å². The highest BCUT2D eigenvalue weighted by molar-refractivity contribution is 5.52. The Balaban J connectivity index is 1.74. The van der Waals surface area contributed by atoms with Crippen LogP contribution in [0.2, 0.25) is 0 Å². The number of rotatable bonds is 6. The number of aliphatic hydroxyl groups is 1. The highest BCUT2D eigenvalue weighted by atomic mass is 16.5. The SMILES string of the molecule is COc1ccc(NC(C2CC2)C2CC2)cc1CO. The third kappa shape index (κ3) is 2.46. The Morgan fingerprint density at radius 3 is 2.44 bits per heavy atom. The molecule has 98 valence electrons. The molecule has 0 radical (unpaired) electrons. The van der Waals surface area contributed by atoms with Gasteiger partial charge in [-0.1, -0.05) is 0 Å². The lowest BCUT2D eigenvalue weighted by atomic mass is 10.1. The van der Waals surface area contributed by atoms with Crippen LogP contribution in [0.5, 0.6) is 5.75 Å². The number of ether oxygens (including phenoxy) is 1. The number of aliphatic hydroxyl groups excluding tert-OH is 1. The van der Waals surface area contributed by atoms with Crippen molar-refractivity contribution >= 4 is 5.69 Å². The monoisotopic (exact) mass is 247 g/mol. The molecule has 18 heavy (non-hydrogen) atoms. The maximum atomic E-state index is 9.34. The van der Waals surface area contributed by atoms with E-state index in [1.54, 1.807) is 7.11 Å². The van der Waals surface area contributed by atoms with E-state index >= 15 is 0 Å². The normalized spacial score (nSPS) is 19.1. The van der Waals surface area contributed by atoms with E-state index in [2.05, 4.69) is 11.4 Å².